The summed E-state index contributed by atoms with van der Waals surface area (Å²) in [6.07, 6.45) is 0. The van der Waals surface area contributed by atoms with Crippen molar-refractivity contribution in [3.05, 3.63) is 70.8 Å². The average Bonchev–Trinajstić information content (AvgIpc) is 3.24. The van der Waals surface area contributed by atoms with Gasteiger partial charge in [-0.2, -0.15) is 0 Å². The monoisotopic (exact) mass is 473 g/mol. The molecule has 8 heteroatoms. The number of rotatable bonds is 3. The van der Waals surface area contributed by atoms with Gasteiger partial charge in [0.2, 0.25) is 5.89 Å². The van der Waals surface area contributed by atoms with Gasteiger partial charge >= 0.3 is 0 Å². The van der Waals surface area contributed by atoms with Crippen molar-refractivity contribution in [1.29, 1.82) is 0 Å². The number of ether oxygens (including phenoxy) is 2. The Hall–Kier alpha value is -3.91. The molecule has 1 aromatic heterocycles. The van der Waals surface area contributed by atoms with Gasteiger partial charge in [0.05, 0.1) is 0 Å². The van der Waals surface area contributed by atoms with Crippen LogP contribution in [0.3, 0.4) is 0 Å². The van der Waals surface area contributed by atoms with Crippen LogP contribution in [0.4, 0.5) is 5.69 Å². The lowest BCUT2D eigenvalue weighted by molar-refractivity contribution is 0.0976. The molecule has 34 heavy (non-hydrogen) atoms. The van der Waals surface area contributed by atoms with E-state index < -0.39 is 0 Å². The lowest BCUT2D eigenvalue weighted by Crippen LogP contribution is -2.34. The predicted octanol–water partition coefficient (Wildman–Crippen LogP) is 5.32. The highest BCUT2D eigenvalue weighted by Gasteiger charge is 2.17. The molecule has 1 aliphatic heterocycles. The minimum Gasteiger partial charge on any atom is -0.486 e. The van der Waals surface area contributed by atoms with Crippen LogP contribution in [0.5, 0.6) is 11.5 Å². The molecule has 0 saturated carbocycles. The number of carbonyl (C=O) groups is 1. The number of nitrogens with zero attached hydrogens (tertiary/aromatic N) is 1. The van der Waals surface area contributed by atoms with Crippen molar-refractivity contribution in [2.24, 2.45) is 0 Å². The van der Waals surface area contributed by atoms with Crippen molar-refractivity contribution < 1.29 is 18.7 Å². The fourth-order valence-electron chi connectivity index (χ4n) is 4.01. The second kappa shape index (κ2) is 8.79. The van der Waals surface area contributed by atoms with Crippen LogP contribution in [0.2, 0.25) is 0 Å². The van der Waals surface area contributed by atoms with Crippen molar-refractivity contribution in [2.75, 3.05) is 18.5 Å². The van der Waals surface area contributed by atoms with Gasteiger partial charge in [-0.1, -0.05) is 12.1 Å². The van der Waals surface area contributed by atoms with Crippen molar-refractivity contribution >= 4 is 40.0 Å². The first kappa shape index (κ1) is 21.9. The molecule has 5 rings (SSSR count). The Labute approximate surface area is 202 Å². The molecular formula is C26H23N3O4S. The zero-order valence-corrected chi connectivity index (χ0v) is 19.8. The first-order valence-electron chi connectivity index (χ1n) is 10.9. The Morgan fingerprint density at radius 2 is 1.79 bits per heavy atom. The van der Waals surface area contributed by atoms with Crippen molar-refractivity contribution in [3.8, 4) is 23.0 Å². The molecule has 1 aliphatic rings. The third kappa shape index (κ3) is 4.20. The molecule has 7 nitrogen and oxygen atoms in total. The quantitative estimate of drug-likeness (QED) is 0.390. The Morgan fingerprint density at radius 3 is 2.62 bits per heavy atom. The van der Waals surface area contributed by atoms with Crippen LogP contribution < -0.4 is 20.1 Å². The van der Waals surface area contributed by atoms with Crippen LogP contribution in [0.15, 0.2) is 52.9 Å². The molecule has 0 bridgehead atoms. The molecule has 0 radical (unpaired) electrons. The number of thiocarbonyl (C=S) groups is 1. The average molecular weight is 474 g/mol. The molecule has 4 aromatic rings. The van der Waals surface area contributed by atoms with Gasteiger partial charge in [-0.05, 0) is 86.1 Å². The number of carbonyl (C=O) groups excluding carboxylic acids is 1. The molecule has 2 N–H and O–H groups in total. The number of amides is 1. The van der Waals surface area contributed by atoms with Crippen molar-refractivity contribution in [2.45, 2.75) is 20.8 Å². The zero-order valence-electron chi connectivity index (χ0n) is 19.0. The van der Waals surface area contributed by atoms with Gasteiger partial charge < -0.3 is 19.2 Å². The first-order valence-corrected chi connectivity index (χ1v) is 11.3. The molecule has 0 aliphatic carbocycles. The van der Waals surface area contributed by atoms with Crippen LogP contribution in [0, 0.1) is 20.8 Å². The van der Waals surface area contributed by atoms with E-state index in [1.165, 1.54) is 0 Å². The number of oxazole rings is 1. The molecular weight excluding hydrogens is 450 g/mol. The molecule has 0 fully saturated rings. The summed E-state index contributed by atoms with van der Waals surface area (Å²) in [4.78, 5) is 17.4. The number of aryl methyl sites for hydroxylation is 2. The number of hydrogen-bond acceptors (Lipinski definition) is 6. The summed E-state index contributed by atoms with van der Waals surface area (Å²) in [5.41, 5.74) is 6.71. The van der Waals surface area contributed by atoms with E-state index in [-0.39, 0.29) is 11.0 Å². The highest BCUT2D eigenvalue weighted by molar-refractivity contribution is 7.80. The third-order valence-electron chi connectivity index (χ3n) is 5.66. The van der Waals surface area contributed by atoms with Gasteiger partial charge in [-0.25, -0.2) is 4.98 Å². The smallest absolute Gasteiger partial charge is 0.257 e. The number of aromatic nitrogens is 1. The Bertz CT molecular complexity index is 1440. The predicted molar refractivity (Wildman–Crippen MR) is 135 cm³/mol. The van der Waals surface area contributed by atoms with E-state index >= 15 is 0 Å². The van der Waals surface area contributed by atoms with Crippen molar-refractivity contribution in [1.82, 2.24) is 10.3 Å². The minimum atomic E-state index is -0.340. The van der Waals surface area contributed by atoms with Gasteiger partial charge in [0.1, 0.15) is 18.7 Å². The highest BCUT2D eigenvalue weighted by atomic mass is 32.1. The standard InChI is InChI=1S/C26H23N3O4S/c1-14-11-15(2)23-20(12-14)27-25(33-23)18-5-4-6-19(16(18)3)28-26(34)29-24(30)17-7-8-21-22(13-17)32-10-9-31-21/h4-8,11-13H,9-10H2,1-3H3,(H2,28,29,30,34). The second-order valence-corrected chi connectivity index (χ2v) is 8.60. The van der Waals surface area contributed by atoms with Crippen LogP contribution in [-0.4, -0.2) is 29.2 Å². The van der Waals surface area contributed by atoms with E-state index in [9.17, 15) is 4.79 Å². The summed E-state index contributed by atoms with van der Waals surface area (Å²) in [5, 5.41) is 6.02. The number of benzene rings is 3. The lowest BCUT2D eigenvalue weighted by Gasteiger charge is -2.19. The van der Waals surface area contributed by atoms with Gasteiger partial charge in [0.25, 0.3) is 5.91 Å². The van der Waals surface area contributed by atoms with E-state index in [0.29, 0.717) is 36.2 Å². The SMILES string of the molecule is Cc1cc(C)c2oc(-c3cccc(NC(=S)NC(=O)c4ccc5c(c4)OCCO5)c3C)nc2c1. The van der Waals surface area contributed by atoms with E-state index in [4.69, 9.17) is 26.1 Å². The molecule has 3 aromatic carbocycles. The number of hydrogen-bond donors (Lipinski definition) is 2. The van der Waals surface area contributed by atoms with Gasteiger partial charge in [0.15, 0.2) is 22.2 Å². The van der Waals surface area contributed by atoms with E-state index in [0.717, 1.165) is 39.0 Å². The van der Waals surface area contributed by atoms with Crippen LogP contribution >= 0.6 is 12.2 Å². The fourth-order valence-corrected chi connectivity index (χ4v) is 4.21. The van der Waals surface area contributed by atoms with Crippen LogP contribution in [-0.2, 0) is 0 Å². The summed E-state index contributed by atoms with van der Waals surface area (Å²) in [6.45, 7) is 6.95. The number of fused-ring (bicyclic) bond motifs is 2. The van der Waals surface area contributed by atoms with Crippen LogP contribution in [0.25, 0.3) is 22.6 Å². The molecule has 0 spiro atoms. The lowest BCUT2D eigenvalue weighted by atomic mass is 10.1. The largest absolute Gasteiger partial charge is 0.486 e. The Kier molecular flexibility index (Phi) is 5.67. The van der Waals surface area contributed by atoms with E-state index in [2.05, 4.69) is 21.7 Å². The summed E-state index contributed by atoms with van der Waals surface area (Å²) >= 11 is 5.40. The second-order valence-electron chi connectivity index (χ2n) is 8.19. The zero-order chi connectivity index (χ0) is 23.8. The third-order valence-corrected chi connectivity index (χ3v) is 5.87. The molecule has 0 unspecified atom stereocenters. The minimum absolute atomic E-state index is 0.184. The normalized spacial score (nSPS) is 12.4. The number of anilines is 1. The molecule has 0 saturated heterocycles. The summed E-state index contributed by atoms with van der Waals surface area (Å²) in [7, 11) is 0. The molecule has 172 valence electrons. The number of nitrogens with one attached hydrogen (secondary N) is 2. The van der Waals surface area contributed by atoms with Gasteiger partial charge in [-0.3, -0.25) is 10.1 Å². The highest BCUT2D eigenvalue weighted by Crippen LogP contribution is 2.32. The fraction of sp³-hybridized carbons (Fsp3) is 0.192. The summed E-state index contributed by atoms with van der Waals surface area (Å²) < 4.78 is 17.1. The van der Waals surface area contributed by atoms with Gasteiger partial charge in [0, 0.05) is 16.8 Å². The van der Waals surface area contributed by atoms with Crippen LogP contribution in [0.1, 0.15) is 27.0 Å². The van der Waals surface area contributed by atoms with E-state index in [1.807, 2.05) is 45.0 Å². The maximum Gasteiger partial charge on any atom is 0.257 e. The Balaban J connectivity index is 1.34. The molecule has 1 amide bonds. The first-order chi connectivity index (χ1) is 16.4. The van der Waals surface area contributed by atoms with Gasteiger partial charge in [-0.15, -0.1) is 0 Å². The summed E-state index contributed by atoms with van der Waals surface area (Å²) in [6, 6.07) is 14.9. The molecule has 0 atom stereocenters. The maximum atomic E-state index is 12.7. The molecule has 2 heterocycles. The summed E-state index contributed by atoms with van der Waals surface area (Å²) in [5.74, 6) is 1.37. The Morgan fingerprint density at radius 1 is 1.00 bits per heavy atom. The maximum absolute atomic E-state index is 12.7. The van der Waals surface area contributed by atoms with Crippen molar-refractivity contribution in [3.63, 3.8) is 0 Å². The topological polar surface area (TPSA) is 85.6 Å². The van der Waals surface area contributed by atoms with E-state index in [1.54, 1.807) is 18.2 Å².